The van der Waals surface area contributed by atoms with Crippen LogP contribution in [0.4, 0.5) is 0 Å². The Morgan fingerprint density at radius 3 is 2.75 bits per heavy atom. The zero-order chi connectivity index (χ0) is 9.40. The van der Waals surface area contributed by atoms with Crippen LogP contribution in [0.2, 0.25) is 0 Å². The lowest BCUT2D eigenvalue weighted by Crippen LogP contribution is -2.19. The van der Waals surface area contributed by atoms with E-state index in [9.17, 15) is 0 Å². The van der Waals surface area contributed by atoms with E-state index >= 15 is 0 Å². The van der Waals surface area contributed by atoms with Crippen LogP contribution < -0.4 is 5.32 Å². The molecule has 0 saturated carbocycles. The number of alkyl halides is 1. The lowest BCUT2D eigenvalue weighted by Gasteiger charge is -2.07. The van der Waals surface area contributed by atoms with Crippen molar-refractivity contribution in [2.75, 3.05) is 13.1 Å². The summed E-state index contributed by atoms with van der Waals surface area (Å²) in [5, 5.41) is 3.57. The second kappa shape index (κ2) is 7.90. The van der Waals surface area contributed by atoms with Crippen LogP contribution in [-0.4, -0.2) is 18.5 Å². The highest BCUT2D eigenvalue weighted by atomic mass is 35.5. The molecule has 1 nitrogen and oxygen atoms in total. The third-order valence-electron chi connectivity index (χ3n) is 1.67. The Morgan fingerprint density at radius 1 is 1.58 bits per heavy atom. The summed E-state index contributed by atoms with van der Waals surface area (Å²) in [5.41, 5.74) is 2.75. The highest BCUT2D eigenvalue weighted by Crippen LogP contribution is 2.04. The Bertz CT molecular complexity index is 134. The first-order chi connectivity index (χ1) is 5.70. The molecule has 1 N–H and O–H groups in total. The maximum atomic E-state index is 5.93. The average molecular weight is 210 g/mol. The fourth-order valence-corrected chi connectivity index (χ4v) is 0.973. The Balaban J connectivity index is 3.21. The SMILES string of the molecule is CCC(Cl)CCNCC(C)=CCl. The Kier molecular flexibility index (Phi) is 8.09. The molecule has 0 fully saturated rings. The Hall–Kier alpha value is 0.280. The van der Waals surface area contributed by atoms with Crippen LogP contribution in [0.1, 0.15) is 26.7 Å². The van der Waals surface area contributed by atoms with Gasteiger partial charge in [0.2, 0.25) is 0 Å². The molecule has 0 spiro atoms. The minimum atomic E-state index is 0.304. The van der Waals surface area contributed by atoms with Crippen molar-refractivity contribution >= 4 is 23.2 Å². The third kappa shape index (κ3) is 6.96. The molecule has 0 radical (unpaired) electrons. The lowest BCUT2D eigenvalue weighted by molar-refractivity contribution is 0.645. The smallest absolute Gasteiger partial charge is 0.0345 e. The van der Waals surface area contributed by atoms with Gasteiger partial charge in [-0.3, -0.25) is 0 Å². The van der Waals surface area contributed by atoms with Gasteiger partial charge >= 0.3 is 0 Å². The van der Waals surface area contributed by atoms with Gasteiger partial charge in [-0.25, -0.2) is 0 Å². The van der Waals surface area contributed by atoms with Crippen molar-refractivity contribution < 1.29 is 0 Å². The summed E-state index contributed by atoms with van der Waals surface area (Å²) >= 11 is 11.4. The van der Waals surface area contributed by atoms with Gasteiger partial charge in [0.1, 0.15) is 0 Å². The average Bonchev–Trinajstić information content (AvgIpc) is 2.11. The van der Waals surface area contributed by atoms with Gasteiger partial charge in [-0.05, 0) is 31.9 Å². The summed E-state index contributed by atoms with van der Waals surface area (Å²) in [6.07, 6.45) is 2.06. The minimum absolute atomic E-state index is 0.304. The van der Waals surface area contributed by atoms with E-state index in [1.165, 1.54) is 0 Å². The fraction of sp³-hybridized carbons (Fsp3) is 0.778. The third-order valence-corrected chi connectivity index (χ3v) is 2.57. The highest BCUT2D eigenvalue weighted by Gasteiger charge is 1.99. The standard InChI is InChI=1S/C9H17Cl2N/c1-3-9(11)4-5-12-7-8(2)6-10/h6,9,12H,3-5,7H2,1-2H3. The van der Waals surface area contributed by atoms with Gasteiger partial charge in [-0.2, -0.15) is 0 Å². The van der Waals surface area contributed by atoms with Crippen LogP contribution in [0.5, 0.6) is 0 Å². The van der Waals surface area contributed by atoms with E-state index in [2.05, 4.69) is 12.2 Å². The summed E-state index contributed by atoms with van der Waals surface area (Å²) in [6, 6.07) is 0. The molecule has 0 aromatic heterocycles. The molecule has 3 heteroatoms. The Morgan fingerprint density at radius 2 is 2.25 bits per heavy atom. The first-order valence-electron chi connectivity index (χ1n) is 4.31. The minimum Gasteiger partial charge on any atom is -0.313 e. The van der Waals surface area contributed by atoms with Crippen LogP contribution >= 0.6 is 23.2 Å². The first-order valence-corrected chi connectivity index (χ1v) is 5.18. The van der Waals surface area contributed by atoms with E-state index < -0.39 is 0 Å². The number of halogens is 2. The van der Waals surface area contributed by atoms with Crippen LogP contribution in [0, 0.1) is 0 Å². The number of hydrogen-bond donors (Lipinski definition) is 1. The molecule has 0 aliphatic heterocycles. The molecule has 1 atom stereocenters. The predicted molar refractivity (Wildman–Crippen MR) is 57.0 cm³/mol. The van der Waals surface area contributed by atoms with Crippen molar-refractivity contribution in [2.24, 2.45) is 0 Å². The van der Waals surface area contributed by atoms with Crippen molar-refractivity contribution in [1.82, 2.24) is 5.32 Å². The van der Waals surface area contributed by atoms with Gasteiger partial charge in [0.05, 0.1) is 0 Å². The second-order valence-corrected chi connectivity index (χ2v) is 3.76. The summed E-state index contributed by atoms with van der Waals surface area (Å²) < 4.78 is 0. The lowest BCUT2D eigenvalue weighted by atomic mass is 10.2. The number of nitrogens with one attached hydrogen (secondary N) is 1. The van der Waals surface area contributed by atoms with Gasteiger partial charge in [0, 0.05) is 17.5 Å². The molecule has 0 bridgehead atoms. The maximum Gasteiger partial charge on any atom is 0.0345 e. The fourth-order valence-electron chi connectivity index (χ4n) is 0.787. The van der Waals surface area contributed by atoms with E-state index in [4.69, 9.17) is 23.2 Å². The molecule has 0 rings (SSSR count). The highest BCUT2D eigenvalue weighted by molar-refractivity contribution is 6.25. The number of rotatable bonds is 6. The molecular formula is C9H17Cl2N. The zero-order valence-electron chi connectivity index (χ0n) is 7.74. The van der Waals surface area contributed by atoms with Crippen LogP contribution in [0.3, 0.4) is 0 Å². The van der Waals surface area contributed by atoms with E-state index in [1.54, 1.807) is 5.54 Å². The van der Waals surface area contributed by atoms with Crippen molar-refractivity contribution in [3.63, 3.8) is 0 Å². The summed E-state index contributed by atoms with van der Waals surface area (Å²) in [5.74, 6) is 0. The van der Waals surface area contributed by atoms with Crippen molar-refractivity contribution in [3.05, 3.63) is 11.1 Å². The molecule has 0 aliphatic rings. The molecule has 0 saturated heterocycles. The van der Waals surface area contributed by atoms with Gasteiger partial charge in [0.15, 0.2) is 0 Å². The summed E-state index contributed by atoms with van der Waals surface area (Å²) in [6.45, 7) is 5.92. The largest absolute Gasteiger partial charge is 0.313 e. The van der Waals surface area contributed by atoms with E-state index in [1.807, 2.05) is 6.92 Å². The molecule has 0 aromatic rings. The van der Waals surface area contributed by atoms with E-state index in [-0.39, 0.29) is 0 Å². The molecule has 0 amide bonds. The van der Waals surface area contributed by atoms with Crippen molar-refractivity contribution in [2.45, 2.75) is 32.1 Å². The normalized spacial score (nSPS) is 14.8. The molecular weight excluding hydrogens is 193 g/mol. The van der Waals surface area contributed by atoms with Crippen molar-refractivity contribution in [1.29, 1.82) is 0 Å². The molecule has 0 aromatic carbocycles. The van der Waals surface area contributed by atoms with Crippen LogP contribution in [0.15, 0.2) is 11.1 Å². The van der Waals surface area contributed by atoms with E-state index in [0.29, 0.717) is 5.38 Å². The van der Waals surface area contributed by atoms with Crippen molar-refractivity contribution in [3.8, 4) is 0 Å². The van der Waals surface area contributed by atoms with Gasteiger partial charge in [-0.1, -0.05) is 18.5 Å². The van der Waals surface area contributed by atoms with E-state index in [0.717, 1.165) is 31.5 Å². The maximum absolute atomic E-state index is 5.93. The summed E-state index contributed by atoms with van der Waals surface area (Å²) in [4.78, 5) is 0. The molecule has 12 heavy (non-hydrogen) atoms. The molecule has 0 aliphatic carbocycles. The van der Waals surface area contributed by atoms with Gasteiger partial charge in [-0.15, -0.1) is 11.6 Å². The zero-order valence-corrected chi connectivity index (χ0v) is 9.25. The Labute approximate surface area is 85.1 Å². The number of hydrogen-bond acceptors (Lipinski definition) is 1. The molecule has 72 valence electrons. The van der Waals surface area contributed by atoms with Gasteiger partial charge < -0.3 is 5.32 Å². The van der Waals surface area contributed by atoms with Crippen LogP contribution in [0.25, 0.3) is 0 Å². The topological polar surface area (TPSA) is 12.0 Å². The molecule has 1 unspecified atom stereocenters. The second-order valence-electron chi connectivity index (χ2n) is 2.93. The van der Waals surface area contributed by atoms with Gasteiger partial charge in [0.25, 0.3) is 0 Å². The predicted octanol–water partition coefficient (Wildman–Crippen LogP) is 3.13. The first kappa shape index (κ1) is 12.3. The monoisotopic (exact) mass is 209 g/mol. The molecule has 0 heterocycles. The summed E-state index contributed by atoms with van der Waals surface area (Å²) in [7, 11) is 0. The van der Waals surface area contributed by atoms with Crippen LogP contribution in [-0.2, 0) is 0 Å². The quantitative estimate of drug-likeness (QED) is 0.524.